The number of amides is 1. The van der Waals surface area contributed by atoms with Gasteiger partial charge >= 0.3 is 0 Å². The molecule has 5 heteroatoms. The zero-order valence-corrected chi connectivity index (χ0v) is 10.5. The molecule has 0 fully saturated rings. The van der Waals surface area contributed by atoms with Crippen LogP contribution in [0, 0.1) is 5.41 Å². The summed E-state index contributed by atoms with van der Waals surface area (Å²) in [5.41, 5.74) is -0.244. The molecule has 0 aromatic rings. The number of nitrogens with one attached hydrogen (secondary N) is 1. The third-order valence-corrected chi connectivity index (χ3v) is 3.33. The maximum atomic E-state index is 11.7. The number of hydrogen-bond acceptors (Lipinski definition) is 4. The fourth-order valence-corrected chi connectivity index (χ4v) is 1.62. The van der Waals surface area contributed by atoms with Crippen LogP contribution < -0.4 is 5.32 Å². The van der Waals surface area contributed by atoms with Crippen LogP contribution in [0.15, 0.2) is 12.0 Å². The quantitative estimate of drug-likeness (QED) is 0.723. The van der Waals surface area contributed by atoms with Crippen LogP contribution in [-0.2, 0) is 14.3 Å². The minimum absolute atomic E-state index is 0.0662. The molecule has 0 spiro atoms. The van der Waals surface area contributed by atoms with Crippen molar-refractivity contribution in [1.82, 2.24) is 5.32 Å². The lowest BCUT2D eigenvalue weighted by Crippen LogP contribution is -2.40. The number of rotatable bonds is 6. The van der Waals surface area contributed by atoms with E-state index in [1.54, 1.807) is 0 Å². The summed E-state index contributed by atoms with van der Waals surface area (Å²) < 4.78 is 10.2. The molecule has 2 N–H and O–H groups in total. The van der Waals surface area contributed by atoms with Crippen molar-refractivity contribution in [2.75, 3.05) is 26.4 Å². The molecule has 0 saturated carbocycles. The number of aliphatic hydroxyl groups is 1. The Balaban J connectivity index is 2.48. The number of carbonyl (C=O) groups excluding carboxylic acids is 1. The second kappa shape index (κ2) is 6.49. The zero-order chi connectivity index (χ0) is 12.7. The Kier molecular flexibility index (Phi) is 5.28. The molecular formula is C12H21NO4. The highest BCUT2D eigenvalue weighted by Crippen LogP contribution is 2.24. The first kappa shape index (κ1) is 13.8. The van der Waals surface area contributed by atoms with Gasteiger partial charge in [-0.25, -0.2) is 0 Å². The summed E-state index contributed by atoms with van der Waals surface area (Å²) in [5, 5.41) is 12.2. The Morgan fingerprint density at radius 3 is 2.65 bits per heavy atom. The largest absolute Gasteiger partial charge is 0.494 e. The van der Waals surface area contributed by atoms with Crippen LogP contribution in [0.2, 0.25) is 0 Å². The van der Waals surface area contributed by atoms with Gasteiger partial charge in [0.2, 0.25) is 5.76 Å². The van der Waals surface area contributed by atoms with Crippen molar-refractivity contribution in [2.45, 2.75) is 26.7 Å². The smallest absolute Gasteiger partial charge is 0.289 e. The standard InChI is InChI=1S/C12H21NO4/c1-3-12(4-2,9-14)8-13-11(15)10-7-16-5-6-17-10/h7,14H,3-6,8-9H2,1-2H3,(H,13,15). The van der Waals surface area contributed by atoms with Gasteiger partial charge < -0.3 is 19.9 Å². The van der Waals surface area contributed by atoms with E-state index in [0.29, 0.717) is 19.8 Å². The van der Waals surface area contributed by atoms with Crippen molar-refractivity contribution in [2.24, 2.45) is 5.41 Å². The molecule has 0 saturated heterocycles. The second-order valence-electron chi connectivity index (χ2n) is 4.25. The van der Waals surface area contributed by atoms with E-state index < -0.39 is 0 Å². The van der Waals surface area contributed by atoms with E-state index in [1.807, 2.05) is 13.8 Å². The van der Waals surface area contributed by atoms with Gasteiger partial charge in [-0.2, -0.15) is 0 Å². The van der Waals surface area contributed by atoms with Gasteiger partial charge in [0, 0.05) is 12.0 Å². The van der Waals surface area contributed by atoms with Gasteiger partial charge in [0.1, 0.15) is 19.5 Å². The van der Waals surface area contributed by atoms with Crippen LogP contribution in [0.1, 0.15) is 26.7 Å². The summed E-state index contributed by atoms with van der Waals surface area (Å²) in [6.45, 7) is 5.39. The van der Waals surface area contributed by atoms with Crippen LogP contribution in [0.25, 0.3) is 0 Å². The molecule has 98 valence electrons. The van der Waals surface area contributed by atoms with E-state index >= 15 is 0 Å². The average Bonchev–Trinajstić information content (AvgIpc) is 2.41. The van der Waals surface area contributed by atoms with Gasteiger partial charge in [-0.15, -0.1) is 0 Å². The number of ether oxygens (including phenoxy) is 2. The summed E-state index contributed by atoms with van der Waals surface area (Å²) in [6, 6.07) is 0. The Labute approximate surface area is 102 Å². The molecule has 0 aromatic carbocycles. The zero-order valence-electron chi connectivity index (χ0n) is 10.5. The summed E-state index contributed by atoms with van der Waals surface area (Å²) in [5.74, 6) is -0.0836. The molecule has 1 aliphatic rings. The summed E-state index contributed by atoms with van der Waals surface area (Å²) in [6.07, 6.45) is 2.96. The molecule has 0 unspecified atom stereocenters. The van der Waals surface area contributed by atoms with Gasteiger partial charge in [0.05, 0.1) is 6.61 Å². The van der Waals surface area contributed by atoms with Crippen molar-refractivity contribution in [3.63, 3.8) is 0 Å². The summed E-state index contributed by atoms with van der Waals surface area (Å²) in [7, 11) is 0. The Morgan fingerprint density at radius 2 is 2.18 bits per heavy atom. The van der Waals surface area contributed by atoms with Crippen molar-refractivity contribution in [3.05, 3.63) is 12.0 Å². The average molecular weight is 243 g/mol. The van der Waals surface area contributed by atoms with E-state index in [-0.39, 0.29) is 23.7 Å². The molecule has 1 rings (SSSR count). The highest BCUT2D eigenvalue weighted by atomic mass is 16.6. The third-order valence-electron chi connectivity index (χ3n) is 3.33. The van der Waals surface area contributed by atoms with Gasteiger partial charge in [-0.3, -0.25) is 4.79 Å². The Morgan fingerprint density at radius 1 is 1.47 bits per heavy atom. The summed E-state index contributed by atoms with van der Waals surface area (Å²) in [4.78, 5) is 11.7. The number of aliphatic hydroxyl groups excluding tert-OH is 1. The molecule has 0 aromatic heterocycles. The van der Waals surface area contributed by atoms with E-state index in [1.165, 1.54) is 6.26 Å². The first-order valence-electron chi connectivity index (χ1n) is 6.01. The predicted molar refractivity (Wildman–Crippen MR) is 63.1 cm³/mol. The normalized spacial score (nSPS) is 15.6. The van der Waals surface area contributed by atoms with E-state index in [9.17, 15) is 9.90 Å². The topological polar surface area (TPSA) is 67.8 Å². The maximum absolute atomic E-state index is 11.7. The van der Waals surface area contributed by atoms with Crippen LogP contribution in [0.5, 0.6) is 0 Å². The second-order valence-corrected chi connectivity index (χ2v) is 4.25. The lowest BCUT2D eigenvalue weighted by molar-refractivity contribution is -0.123. The van der Waals surface area contributed by atoms with Gasteiger partial charge in [-0.1, -0.05) is 13.8 Å². The molecule has 0 atom stereocenters. The molecule has 0 bridgehead atoms. The Bertz CT molecular complexity index is 276. The maximum Gasteiger partial charge on any atom is 0.289 e. The highest BCUT2D eigenvalue weighted by Gasteiger charge is 2.27. The fourth-order valence-electron chi connectivity index (χ4n) is 1.62. The molecule has 1 aliphatic heterocycles. The minimum Gasteiger partial charge on any atom is -0.494 e. The predicted octanol–water partition coefficient (Wildman–Crippen LogP) is 0.789. The Hall–Kier alpha value is -1.23. The van der Waals surface area contributed by atoms with Crippen LogP contribution in [0.3, 0.4) is 0 Å². The fraction of sp³-hybridized carbons (Fsp3) is 0.750. The lowest BCUT2D eigenvalue weighted by atomic mass is 9.83. The first-order chi connectivity index (χ1) is 8.17. The van der Waals surface area contributed by atoms with Crippen molar-refractivity contribution >= 4 is 5.91 Å². The summed E-state index contributed by atoms with van der Waals surface area (Å²) >= 11 is 0. The van der Waals surface area contributed by atoms with Crippen molar-refractivity contribution in [3.8, 4) is 0 Å². The molecular weight excluding hydrogens is 222 g/mol. The number of carbonyl (C=O) groups is 1. The van der Waals surface area contributed by atoms with Gasteiger partial charge in [0.25, 0.3) is 5.91 Å². The molecule has 0 radical (unpaired) electrons. The molecule has 1 heterocycles. The molecule has 5 nitrogen and oxygen atoms in total. The van der Waals surface area contributed by atoms with Crippen LogP contribution in [0.4, 0.5) is 0 Å². The lowest BCUT2D eigenvalue weighted by Gasteiger charge is -2.29. The number of hydrogen-bond donors (Lipinski definition) is 2. The third kappa shape index (κ3) is 3.63. The van der Waals surface area contributed by atoms with E-state index in [0.717, 1.165) is 12.8 Å². The SMILES string of the molecule is CCC(CC)(CO)CNC(=O)C1=COCCO1. The molecule has 0 aliphatic carbocycles. The van der Waals surface area contributed by atoms with Crippen molar-refractivity contribution in [1.29, 1.82) is 0 Å². The first-order valence-corrected chi connectivity index (χ1v) is 6.01. The van der Waals surface area contributed by atoms with Gasteiger partial charge in [0.15, 0.2) is 0 Å². The van der Waals surface area contributed by atoms with Crippen molar-refractivity contribution < 1.29 is 19.4 Å². The molecule has 1 amide bonds. The van der Waals surface area contributed by atoms with Gasteiger partial charge in [-0.05, 0) is 12.8 Å². The highest BCUT2D eigenvalue weighted by molar-refractivity contribution is 5.91. The van der Waals surface area contributed by atoms with E-state index in [2.05, 4.69) is 5.32 Å². The molecule has 17 heavy (non-hydrogen) atoms. The minimum atomic E-state index is -0.288. The van der Waals surface area contributed by atoms with Crippen LogP contribution >= 0.6 is 0 Å². The van der Waals surface area contributed by atoms with E-state index in [4.69, 9.17) is 9.47 Å². The van der Waals surface area contributed by atoms with Crippen LogP contribution in [-0.4, -0.2) is 37.4 Å². The monoisotopic (exact) mass is 243 g/mol.